The first-order valence-corrected chi connectivity index (χ1v) is 7.91. The summed E-state index contributed by atoms with van der Waals surface area (Å²) >= 11 is 0. The first kappa shape index (κ1) is 13.5. The van der Waals surface area contributed by atoms with Gasteiger partial charge in [-0.1, -0.05) is 31.5 Å². The molecule has 1 fully saturated rings. The minimum absolute atomic E-state index is 0.0179. The number of nitrogens with zero attached hydrogens (tertiary/aromatic N) is 1. The minimum atomic E-state index is 0.0179. The maximum atomic E-state index is 12.8. The third-order valence-electron chi connectivity index (χ3n) is 4.87. The second-order valence-corrected chi connectivity index (χ2v) is 6.05. The molecule has 3 nitrogen and oxygen atoms in total. The Labute approximate surface area is 121 Å². The highest BCUT2D eigenvalue weighted by Crippen LogP contribution is 2.33. The lowest BCUT2D eigenvalue weighted by molar-refractivity contribution is -0.132. The molecule has 2 unspecified atom stereocenters. The Balaban J connectivity index is 1.71. The van der Waals surface area contributed by atoms with Crippen LogP contribution in [0.3, 0.4) is 0 Å². The van der Waals surface area contributed by atoms with Gasteiger partial charge in [0.1, 0.15) is 0 Å². The van der Waals surface area contributed by atoms with Crippen molar-refractivity contribution in [2.75, 3.05) is 25.0 Å². The summed E-state index contributed by atoms with van der Waals surface area (Å²) in [6, 6.07) is 8.21. The molecule has 20 heavy (non-hydrogen) atoms. The summed E-state index contributed by atoms with van der Waals surface area (Å²) in [4.78, 5) is 14.9. The molecule has 0 saturated carbocycles. The molecule has 0 aliphatic carbocycles. The topological polar surface area (TPSA) is 32.3 Å². The maximum absolute atomic E-state index is 12.8. The van der Waals surface area contributed by atoms with E-state index in [1.54, 1.807) is 0 Å². The van der Waals surface area contributed by atoms with Crippen LogP contribution in [0.25, 0.3) is 0 Å². The molecule has 2 aliphatic heterocycles. The van der Waals surface area contributed by atoms with Crippen molar-refractivity contribution < 1.29 is 4.79 Å². The SMILES string of the molecule is CCC1CCCN(C(=O)C2CNc3ccccc32)CC1. The molecule has 1 aromatic rings. The number of benzene rings is 1. The molecule has 2 aliphatic rings. The number of amides is 1. The van der Waals surface area contributed by atoms with E-state index < -0.39 is 0 Å². The van der Waals surface area contributed by atoms with Crippen molar-refractivity contribution in [3.63, 3.8) is 0 Å². The highest BCUT2D eigenvalue weighted by atomic mass is 16.2. The van der Waals surface area contributed by atoms with Crippen molar-refractivity contribution in [3.8, 4) is 0 Å². The van der Waals surface area contributed by atoms with Crippen molar-refractivity contribution in [3.05, 3.63) is 29.8 Å². The van der Waals surface area contributed by atoms with Crippen molar-refractivity contribution in [1.82, 2.24) is 4.90 Å². The predicted octanol–water partition coefficient (Wildman–Crippen LogP) is 3.23. The van der Waals surface area contributed by atoms with E-state index in [-0.39, 0.29) is 5.92 Å². The van der Waals surface area contributed by atoms with E-state index in [4.69, 9.17) is 0 Å². The van der Waals surface area contributed by atoms with Crippen LogP contribution in [-0.4, -0.2) is 30.4 Å². The first-order chi connectivity index (χ1) is 9.79. The number of anilines is 1. The van der Waals surface area contributed by atoms with Gasteiger partial charge in [0, 0.05) is 25.3 Å². The van der Waals surface area contributed by atoms with Crippen molar-refractivity contribution >= 4 is 11.6 Å². The van der Waals surface area contributed by atoms with E-state index in [1.165, 1.54) is 24.8 Å². The Morgan fingerprint density at radius 2 is 2.15 bits per heavy atom. The quantitative estimate of drug-likeness (QED) is 0.896. The standard InChI is InChI=1S/C17H24N2O/c1-2-13-6-5-10-19(11-9-13)17(20)15-12-18-16-8-4-3-7-14(15)16/h3-4,7-8,13,15,18H,2,5-6,9-12H2,1H3. The van der Waals surface area contributed by atoms with Crippen LogP contribution in [0, 0.1) is 5.92 Å². The van der Waals surface area contributed by atoms with Crippen molar-refractivity contribution in [2.24, 2.45) is 5.92 Å². The van der Waals surface area contributed by atoms with Crippen LogP contribution in [0.1, 0.15) is 44.1 Å². The molecule has 1 aromatic carbocycles. The second-order valence-electron chi connectivity index (χ2n) is 6.05. The molecule has 2 heterocycles. The number of likely N-dealkylation sites (tertiary alicyclic amines) is 1. The number of para-hydroxylation sites is 1. The molecule has 0 bridgehead atoms. The molecule has 1 saturated heterocycles. The van der Waals surface area contributed by atoms with Crippen molar-refractivity contribution in [2.45, 2.75) is 38.5 Å². The Morgan fingerprint density at radius 1 is 1.30 bits per heavy atom. The van der Waals surface area contributed by atoms with Crippen molar-refractivity contribution in [1.29, 1.82) is 0 Å². The molecular weight excluding hydrogens is 248 g/mol. The molecule has 1 N–H and O–H groups in total. The van der Waals surface area contributed by atoms with E-state index in [1.807, 2.05) is 12.1 Å². The van der Waals surface area contributed by atoms with E-state index in [2.05, 4.69) is 29.3 Å². The van der Waals surface area contributed by atoms with Gasteiger partial charge >= 0.3 is 0 Å². The lowest BCUT2D eigenvalue weighted by atomic mass is 9.98. The summed E-state index contributed by atoms with van der Waals surface area (Å²) in [6.07, 6.45) is 4.85. The number of carbonyl (C=O) groups is 1. The summed E-state index contributed by atoms with van der Waals surface area (Å²) in [5, 5.41) is 3.36. The Bertz CT molecular complexity index is 486. The van der Waals surface area contributed by atoms with Gasteiger partial charge in [0.25, 0.3) is 0 Å². The number of carbonyl (C=O) groups excluding carboxylic acids is 1. The van der Waals surface area contributed by atoms with Crippen LogP contribution in [0.2, 0.25) is 0 Å². The van der Waals surface area contributed by atoms with Gasteiger partial charge in [0.2, 0.25) is 5.91 Å². The lowest BCUT2D eigenvalue weighted by Crippen LogP contribution is -2.36. The van der Waals surface area contributed by atoms with Gasteiger partial charge in [-0.2, -0.15) is 0 Å². The van der Waals surface area contributed by atoms with Gasteiger partial charge < -0.3 is 10.2 Å². The van der Waals surface area contributed by atoms with Gasteiger partial charge in [-0.05, 0) is 36.8 Å². The van der Waals surface area contributed by atoms with Gasteiger partial charge in [0.15, 0.2) is 0 Å². The Kier molecular flexibility index (Phi) is 3.95. The van der Waals surface area contributed by atoms with Crippen LogP contribution in [0.5, 0.6) is 0 Å². The predicted molar refractivity (Wildman–Crippen MR) is 81.9 cm³/mol. The number of fused-ring (bicyclic) bond motifs is 1. The second kappa shape index (κ2) is 5.86. The summed E-state index contributed by atoms with van der Waals surface area (Å²) in [7, 11) is 0. The molecular formula is C17H24N2O. The van der Waals surface area contributed by atoms with E-state index in [0.29, 0.717) is 5.91 Å². The highest BCUT2D eigenvalue weighted by Gasteiger charge is 2.32. The average Bonchev–Trinajstić information content (AvgIpc) is 2.76. The van der Waals surface area contributed by atoms with Gasteiger partial charge in [0.05, 0.1) is 5.92 Å². The monoisotopic (exact) mass is 272 g/mol. The summed E-state index contributed by atoms with van der Waals surface area (Å²) in [5.41, 5.74) is 2.31. The van der Waals surface area contributed by atoms with Gasteiger partial charge in [-0.3, -0.25) is 4.79 Å². The van der Waals surface area contributed by atoms with Crippen LogP contribution >= 0.6 is 0 Å². The first-order valence-electron chi connectivity index (χ1n) is 7.91. The summed E-state index contributed by atoms with van der Waals surface area (Å²) in [5.74, 6) is 1.14. The molecule has 108 valence electrons. The normalized spacial score (nSPS) is 25.8. The van der Waals surface area contributed by atoms with Gasteiger partial charge in [-0.15, -0.1) is 0 Å². The minimum Gasteiger partial charge on any atom is -0.384 e. The molecule has 3 heteroatoms. The molecule has 3 rings (SSSR count). The average molecular weight is 272 g/mol. The van der Waals surface area contributed by atoms with Crippen LogP contribution in [0.15, 0.2) is 24.3 Å². The number of nitrogens with one attached hydrogen (secondary N) is 1. The third kappa shape index (κ3) is 2.54. The molecule has 0 spiro atoms. The van der Waals surface area contributed by atoms with E-state index in [9.17, 15) is 4.79 Å². The maximum Gasteiger partial charge on any atom is 0.231 e. The largest absolute Gasteiger partial charge is 0.384 e. The summed E-state index contributed by atoms with van der Waals surface area (Å²) < 4.78 is 0. The third-order valence-corrected chi connectivity index (χ3v) is 4.87. The van der Waals surface area contributed by atoms with E-state index >= 15 is 0 Å². The molecule has 0 radical (unpaired) electrons. The highest BCUT2D eigenvalue weighted by molar-refractivity contribution is 5.88. The fraction of sp³-hybridized carbons (Fsp3) is 0.588. The molecule has 0 aromatic heterocycles. The van der Waals surface area contributed by atoms with Gasteiger partial charge in [-0.25, -0.2) is 0 Å². The van der Waals surface area contributed by atoms with E-state index in [0.717, 1.165) is 37.7 Å². The zero-order valence-electron chi connectivity index (χ0n) is 12.3. The smallest absolute Gasteiger partial charge is 0.231 e. The fourth-order valence-electron chi connectivity index (χ4n) is 3.52. The number of rotatable bonds is 2. The number of hydrogen-bond donors (Lipinski definition) is 1. The Hall–Kier alpha value is -1.51. The van der Waals surface area contributed by atoms with Crippen LogP contribution in [-0.2, 0) is 4.79 Å². The zero-order valence-corrected chi connectivity index (χ0v) is 12.3. The lowest BCUT2D eigenvalue weighted by Gasteiger charge is -2.24. The zero-order chi connectivity index (χ0) is 13.9. The number of hydrogen-bond acceptors (Lipinski definition) is 2. The molecule has 1 amide bonds. The summed E-state index contributed by atoms with van der Waals surface area (Å²) in [6.45, 7) is 4.90. The fourth-order valence-corrected chi connectivity index (χ4v) is 3.52. The Morgan fingerprint density at radius 3 is 3.00 bits per heavy atom. The van der Waals surface area contributed by atoms with Crippen LogP contribution < -0.4 is 5.32 Å². The van der Waals surface area contributed by atoms with Crippen LogP contribution in [0.4, 0.5) is 5.69 Å². The molecule has 2 atom stereocenters.